The highest BCUT2D eigenvalue weighted by atomic mass is 19.1. The number of hydrogen-bond acceptors (Lipinski definition) is 8. The van der Waals surface area contributed by atoms with Crippen molar-refractivity contribution in [1.29, 1.82) is 0 Å². The van der Waals surface area contributed by atoms with Crippen LogP contribution in [0, 0.1) is 5.82 Å². The van der Waals surface area contributed by atoms with Gasteiger partial charge in [0.25, 0.3) is 0 Å². The maximum atomic E-state index is 14.3. The van der Waals surface area contributed by atoms with Gasteiger partial charge in [0, 0.05) is 19.3 Å². The van der Waals surface area contributed by atoms with Crippen LogP contribution >= 0.6 is 0 Å². The van der Waals surface area contributed by atoms with E-state index < -0.39 is 11.9 Å². The smallest absolute Gasteiger partial charge is 0.244 e. The molecule has 0 bridgehead atoms. The van der Waals surface area contributed by atoms with Crippen LogP contribution in [0.25, 0.3) is 0 Å². The maximum Gasteiger partial charge on any atom is 0.244 e. The number of aliphatic hydroxyl groups excluding tert-OH is 1. The standard InChI is InChI=1S/C21H24FN7O3/c22-17-11-23-21(27-20(17)26-18(14-30)15-4-2-1-3-5-15)25-16-10-24-29(12-16)13-19(31)28-6-8-32-9-7-28/h1-5,10-12,18,30H,6-9,13-14H2,(H2,23,25,26,27)/t18-/m1/s1. The molecular weight excluding hydrogens is 417 g/mol. The number of ether oxygens (including phenoxy) is 1. The van der Waals surface area contributed by atoms with Crippen molar-refractivity contribution in [2.24, 2.45) is 0 Å². The zero-order chi connectivity index (χ0) is 22.3. The van der Waals surface area contributed by atoms with Crippen molar-refractivity contribution in [2.45, 2.75) is 12.6 Å². The fraction of sp³-hybridized carbons (Fsp3) is 0.333. The third-order valence-corrected chi connectivity index (χ3v) is 4.99. The van der Waals surface area contributed by atoms with Crippen molar-refractivity contribution in [1.82, 2.24) is 24.6 Å². The van der Waals surface area contributed by atoms with Gasteiger partial charge in [0.2, 0.25) is 11.9 Å². The second-order valence-electron chi connectivity index (χ2n) is 7.23. The Bertz CT molecular complexity index is 1040. The Morgan fingerprint density at radius 3 is 2.75 bits per heavy atom. The van der Waals surface area contributed by atoms with Gasteiger partial charge in [-0.15, -0.1) is 0 Å². The van der Waals surface area contributed by atoms with Gasteiger partial charge < -0.3 is 25.4 Å². The number of amides is 1. The Labute approximate surface area is 184 Å². The van der Waals surface area contributed by atoms with Crippen LogP contribution in [0.5, 0.6) is 0 Å². The summed E-state index contributed by atoms with van der Waals surface area (Å²) in [6.45, 7) is 2.09. The van der Waals surface area contributed by atoms with Crippen LogP contribution in [0.4, 0.5) is 21.8 Å². The molecule has 11 heteroatoms. The first kappa shape index (κ1) is 21.7. The van der Waals surface area contributed by atoms with Crippen molar-refractivity contribution in [3.8, 4) is 0 Å². The van der Waals surface area contributed by atoms with E-state index in [4.69, 9.17) is 4.74 Å². The van der Waals surface area contributed by atoms with E-state index in [2.05, 4.69) is 25.7 Å². The van der Waals surface area contributed by atoms with Crippen molar-refractivity contribution in [3.05, 3.63) is 60.3 Å². The molecule has 1 amide bonds. The van der Waals surface area contributed by atoms with Gasteiger partial charge in [-0.2, -0.15) is 10.1 Å². The molecule has 10 nitrogen and oxygen atoms in total. The predicted molar refractivity (Wildman–Crippen MR) is 115 cm³/mol. The van der Waals surface area contributed by atoms with Crippen molar-refractivity contribution >= 4 is 23.4 Å². The van der Waals surface area contributed by atoms with Gasteiger partial charge in [0.15, 0.2) is 11.6 Å². The summed E-state index contributed by atoms with van der Waals surface area (Å²) in [5, 5.41) is 19.8. The Morgan fingerprint density at radius 1 is 1.22 bits per heavy atom. The molecule has 3 aromatic rings. The molecule has 0 saturated carbocycles. The van der Waals surface area contributed by atoms with Gasteiger partial charge in [0.05, 0.1) is 43.9 Å². The van der Waals surface area contributed by atoms with E-state index in [1.54, 1.807) is 11.1 Å². The lowest BCUT2D eigenvalue weighted by molar-refractivity contribution is -0.136. The molecule has 4 rings (SSSR count). The minimum atomic E-state index is -0.642. The van der Waals surface area contributed by atoms with Crippen LogP contribution < -0.4 is 10.6 Å². The zero-order valence-corrected chi connectivity index (χ0v) is 17.3. The molecule has 1 aromatic carbocycles. The summed E-state index contributed by atoms with van der Waals surface area (Å²) in [5.74, 6) is -0.571. The molecule has 1 aliphatic rings. The number of aliphatic hydroxyl groups is 1. The molecule has 0 spiro atoms. The number of rotatable bonds is 8. The quantitative estimate of drug-likeness (QED) is 0.482. The zero-order valence-electron chi connectivity index (χ0n) is 17.3. The van der Waals surface area contributed by atoms with E-state index in [1.807, 2.05) is 30.3 Å². The van der Waals surface area contributed by atoms with E-state index in [1.165, 1.54) is 10.9 Å². The van der Waals surface area contributed by atoms with E-state index >= 15 is 0 Å². The largest absolute Gasteiger partial charge is 0.394 e. The number of anilines is 3. The third-order valence-electron chi connectivity index (χ3n) is 4.99. The lowest BCUT2D eigenvalue weighted by Gasteiger charge is -2.26. The fourth-order valence-corrected chi connectivity index (χ4v) is 3.31. The first-order chi connectivity index (χ1) is 15.6. The summed E-state index contributed by atoms with van der Waals surface area (Å²) in [6, 6.07) is 8.68. The monoisotopic (exact) mass is 441 g/mol. The highest BCUT2D eigenvalue weighted by Crippen LogP contribution is 2.22. The van der Waals surface area contributed by atoms with Crippen LogP contribution in [0.3, 0.4) is 0 Å². The van der Waals surface area contributed by atoms with Gasteiger partial charge in [-0.3, -0.25) is 9.48 Å². The van der Waals surface area contributed by atoms with Crippen molar-refractivity contribution < 1.29 is 19.0 Å². The average Bonchev–Trinajstić information content (AvgIpc) is 3.27. The van der Waals surface area contributed by atoms with Crippen LogP contribution in [0.2, 0.25) is 0 Å². The average molecular weight is 441 g/mol. The normalized spacial score (nSPS) is 14.8. The van der Waals surface area contributed by atoms with Crippen molar-refractivity contribution in [2.75, 3.05) is 43.5 Å². The molecule has 168 valence electrons. The van der Waals surface area contributed by atoms with E-state index in [0.29, 0.717) is 32.0 Å². The van der Waals surface area contributed by atoms with E-state index in [-0.39, 0.29) is 30.8 Å². The molecule has 3 N–H and O–H groups in total. The molecule has 1 fully saturated rings. The Morgan fingerprint density at radius 2 is 2.00 bits per heavy atom. The number of aromatic nitrogens is 4. The van der Waals surface area contributed by atoms with Crippen LogP contribution in [0.15, 0.2) is 48.9 Å². The fourth-order valence-electron chi connectivity index (χ4n) is 3.31. The number of benzene rings is 1. The lowest BCUT2D eigenvalue weighted by atomic mass is 10.1. The highest BCUT2D eigenvalue weighted by Gasteiger charge is 2.18. The van der Waals surface area contributed by atoms with Gasteiger partial charge in [0.1, 0.15) is 6.54 Å². The summed E-state index contributed by atoms with van der Waals surface area (Å²) < 4.78 is 21.1. The van der Waals surface area contributed by atoms with Crippen LogP contribution in [-0.4, -0.2) is 68.6 Å². The summed E-state index contributed by atoms with van der Waals surface area (Å²) in [5.41, 5.74) is 1.35. The summed E-state index contributed by atoms with van der Waals surface area (Å²) in [4.78, 5) is 22.2. The molecule has 32 heavy (non-hydrogen) atoms. The summed E-state index contributed by atoms with van der Waals surface area (Å²) in [6.07, 6.45) is 4.23. The number of nitrogens with one attached hydrogen (secondary N) is 2. The van der Waals surface area contributed by atoms with E-state index in [9.17, 15) is 14.3 Å². The Hall–Kier alpha value is -3.57. The number of carbonyl (C=O) groups is 1. The minimum Gasteiger partial charge on any atom is -0.394 e. The maximum absolute atomic E-state index is 14.3. The molecule has 1 atom stereocenters. The number of hydrogen-bond donors (Lipinski definition) is 3. The van der Waals surface area contributed by atoms with E-state index in [0.717, 1.165) is 11.8 Å². The Kier molecular flexibility index (Phi) is 6.87. The number of nitrogens with zero attached hydrogens (tertiary/aromatic N) is 5. The third kappa shape index (κ3) is 5.37. The first-order valence-corrected chi connectivity index (χ1v) is 10.2. The van der Waals surface area contributed by atoms with Gasteiger partial charge in [-0.05, 0) is 5.56 Å². The van der Waals surface area contributed by atoms with Gasteiger partial charge in [-0.1, -0.05) is 30.3 Å². The first-order valence-electron chi connectivity index (χ1n) is 10.2. The number of morpholine rings is 1. The van der Waals surface area contributed by atoms with Gasteiger partial charge >= 0.3 is 0 Å². The summed E-state index contributed by atoms with van der Waals surface area (Å²) >= 11 is 0. The minimum absolute atomic E-state index is 0.0385. The second kappa shape index (κ2) is 10.2. The Balaban J connectivity index is 1.41. The highest BCUT2D eigenvalue weighted by molar-refractivity contribution is 5.76. The van der Waals surface area contributed by atoms with Crippen LogP contribution in [-0.2, 0) is 16.1 Å². The summed E-state index contributed by atoms with van der Waals surface area (Å²) in [7, 11) is 0. The molecular formula is C21H24FN7O3. The topological polar surface area (TPSA) is 117 Å². The molecule has 0 aliphatic carbocycles. The predicted octanol–water partition coefficient (Wildman–Crippen LogP) is 1.56. The number of carbonyl (C=O) groups excluding carboxylic acids is 1. The van der Waals surface area contributed by atoms with Gasteiger partial charge in [-0.25, -0.2) is 9.37 Å². The molecule has 2 aromatic heterocycles. The molecule has 1 saturated heterocycles. The SMILES string of the molecule is O=C(Cn1cc(Nc2ncc(F)c(N[C@H](CO)c3ccccc3)n2)cn1)N1CCOCC1. The second-order valence-corrected chi connectivity index (χ2v) is 7.23. The molecule has 0 unspecified atom stereocenters. The lowest BCUT2D eigenvalue weighted by Crippen LogP contribution is -2.42. The van der Waals surface area contributed by atoms with Crippen LogP contribution in [0.1, 0.15) is 11.6 Å². The van der Waals surface area contributed by atoms with Crippen molar-refractivity contribution in [3.63, 3.8) is 0 Å². The number of halogens is 1. The molecule has 1 aliphatic heterocycles. The molecule has 0 radical (unpaired) electrons. The molecule has 3 heterocycles.